The zero-order valence-electron chi connectivity index (χ0n) is 13.6. The van der Waals surface area contributed by atoms with Gasteiger partial charge in [-0.3, -0.25) is 14.6 Å². The van der Waals surface area contributed by atoms with Gasteiger partial charge in [0.1, 0.15) is 5.82 Å². The Morgan fingerprint density at radius 3 is 2.59 bits per heavy atom. The molecule has 2 aromatic heterocycles. The van der Waals surface area contributed by atoms with Crippen molar-refractivity contribution in [1.82, 2.24) is 19.7 Å². The van der Waals surface area contributed by atoms with Crippen LogP contribution >= 0.6 is 0 Å². The Morgan fingerprint density at radius 1 is 1.27 bits per heavy atom. The van der Waals surface area contributed by atoms with Crippen molar-refractivity contribution in [1.29, 1.82) is 0 Å². The molecule has 5 nitrogen and oxygen atoms in total. The van der Waals surface area contributed by atoms with Gasteiger partial charge in [-0.1, -0.05) is 0 Å². The number of aryl methyl sites for hydroxylation is 2. The third kappa shape index (κ3) is 4.11. The van der Waals surface area contributed by atoms with Crippen molar-refractivity contribution in [2.24, 2.45) is 7.05 Å². The second-order valence-corrected chi connectivity index (χ2v) is 5.44. The highest BCUT2D eigenvalue weighted by Crippen LogP contribution is 2.16. The number of halogens is 1. The summed E-state index contributed by atoms with van der Waals surface area (Å²) in [5.74, 6) is -0.314. The van der Waals surface area contributed by atoms with Crippen LogP contribution in [0, 0.1) is 19.7 Å². The van der Waals surface area contributed by atoms with Crippen molar-refractivity contribution in [2.45, 2.75) is 26.9 Å². The molecule has 0 spiro atoms. The highest BCUT2D eigenvalue weighted by atomic mass is 19.1. The smallest absolute Gasteiger partial charge is 0.141 e. The van der Waals surface area contributed by atoms with Crippen molar-refractivity contribution >= 4 is 0 Å². The van der Waals surface area contributed by atoms with Crippen LogP contribution in [0.4, 0.5) is 4.39 Å². The van der Waals surface area contributed by atoms with Crippen LogP contribution in [0.3, 0.4) is 0 Å². The van der Waals surface area contributed by atoms with Crippen LogP contribution in [0.5, 0.6) is 0 Å². The summed E-state index contributed by atoms with van der Waals surface area (Å²) in [4.78, 5) is 6.38. The van der Waals surface area contributed by atoms with Gasteiger partial charge in [-0.15, -0.1) is 0 Å². The van der Waals surface area contributed by atoms with Crippen molar-refractivity contribution < 1.29 is 9.13 Å². The number of rotatable bonds is 7. The number of hydrogen-bond acceptors (Lipinski definition) is 4. The topological polar surface area (TPSA) is 43.2 Å². The van der Waals surface area contributed by atoms with Crippen molar-refractivity contribution in [3.8, 4) is 0 Å². The fraction of sp³-hybridized carbons (Fsp3) is 0.500. The third-order valence-corrected chi connectivity index (χ3v) is 3.83. The Hall–Kier alpha value is -1.79. The molecule has 0 fully saturated rings. The normalized spacial score (nSPS) is 11.4. The van der Waals surface area contributed by atoms with E-state index >= 15 is 0 Å². The second-order valence-electron chi connectivity index (χ2n) is 5.44. The van der Waals surface area contributed by atoms with E-state index in [9.17, 15) is 4.39 Å². The predicted molar refractivity (Wildman–Crippen MR) is 82.9 cm³/mol. The molecule has 6 heteroatoms. The average molecular weight is 306 g/mol. The maximum absolute atomic E-state index is 13.0. The van der Waals surface area contributed by atoms with Gasteiger partial charge < -0.3 is 4.74 Å². The van der Waals surface area contributed by atoms with Crippen molar-refractivity contribution in [3.05, 3.63) is 46.8 Å². The number of ether oxygens (including phenoxy) is 1. The van der Waals surface area contributed by atoms with Crippen LogP contribution in [-0.4, -0.2) is 39.9 Å². The number of hydrogen-bond donors (Lipinski definition) is 0. The number of nitrogens with zero attached hydrogens (tertiary/aromatic N) is 4. The quantitative estimate of drug-likeness (QED) is 0.787. The maximum Gasteiger partial charge on any atom is 0.141 e. The van der Waals surface area contributed by atoms with Gasteiger partial charge >= 0.3 is 0 Å². The van der Waals surface area contributed by atoms with Gasteiger partial charge in [-0.2, -0.15) is 5.10 Å². The lowest BCUT2D eigenvalue weighted by Gasteiger charge is -2.22. The van der Waals surface area contributed by atoms with Crippen LogP contribution < -0.4 is 0 Å². The summed E-state index contributed by atoms with van der Waals surface area (Å²) in [6.07, 6.45) is 1.25. The first-order valence-electron chi connectivity index (χ1n) is 7.32. The van der Waals surface area contributed by atoms with Gasteiger partial charge in [0.25, 0.3) is 0 Å². The summed E-state index contributed by atoms with van der Waals surface area (Å²) in [5.41, 5.74) is 4.26. The number of aromatic nitrogens is 3. The molecular formula is C16H23FN4O. The van der Waals surface area contributed by atoms with Crippen molar-refractivity contribution in [2.75, 3.05) is 20.3 Å². The molecule has 2 heterocycles. The first-order chi connectivity index (χ1) is 10.5. The molecule has 0 aliphatic rings. The van der Waals surface area contributed by atoms with Crippen LogP contribution in [0.15, 0.2) is 18.3 Å². The molecule has 0 unspecified atom stereocenters. The molecule has 0 aliphatic carbocycles. The lowest BCUT2D eigenvalue weighted by molar-refractivity contribution is 0.139. The predicted octanol–water partition coefficient (Wildman–Crippen LogP) is 2.22. The summed E-state index contributed by atoms with van der Waals surface area (Å²) in [5, 5.41) is 4.46. The van der Waals surface area contributed by atoms with E-state index in [2.05, 4.69) is 21.9 Å². The second kappa shape index (κ2) is 7.47. The molecule has 2 rings (SSSR count). The van der Waals surface area contributed by atoms with Crippen LogP contribution in [-0.2, 0) is 24.9 Å². The average Bonchev–Trinajstić information content (AvgIpc) is 2.73. The van der Waals surface area contributed by atoms with Gasteiger partial charge in [0.05, 0.1) is 24.2 Å². The number of pyridine rings is 1. The van der Waals surface area contributed by atoms with Gasteiger partial charge in [-0.25, -0.2) is 4.39 Å². The van der Waals surface area contributed by atoms with E-state index in [1.54, 1.807) is 13.2 Å². The third-order valence-electron chi connectivity index (χ3n) is 3.83. The van der Waals surface area contributed by atoms with Gasteiger partial charge in [0.15, 0.2) is 0 Å². The molecule has 0 amide bonds. The standard InChI is InChI=1S/C16H23FN4O/c1-12-16(13(2)20(3)19-12)11-21(7-8-22-4)10-15-6-5-14(17)9-18-15/h5-6,9H,7-8,10-11H2,1-4H3. The molecule has 0 saturated heterocycles. The van der Waals surface area contributed by atoms with E-state index in [1.807, 2.05) is 18.7 Å². The fourth-order valence-corrected chi connectivity index (χ4v) is 2.43. The Labute approximate surface area is 130 Å². The molecule has 0 aliphatic heterocycles. The van der Waals surface area contributed by atoms with Crippen LogP contribution in [0.1, 0.15) is 22.6 Å². The molecule has 0 atom stereocenters. The molecule has 2 aromatic rings. The minimum Gasteiger partial charge on any atom is -0.383 e. The minimum absolute atomic E-state index is 0.314. The first-order valence-corrected chi connectivity index (χ1v) is 7.32. The first kappa shape index (κ1) is 16.6. The van der Waals surface area contributed by atoms with Gasteiger partial charge in [0, 0.05) is 45.0 Å². The lowest BCUT2D eigenvalue weighted by atomic mass is 10.1. The zero-order valence-corrected chi connectivity index (χ0v) is 13.6. The Bertz CT molecular complexity index is 609. The Kier molecular flexibility index (Phi) is 5.63. The van der Waals surface area contributed by atoms with Gasteiger partial charge in [-0.05, 0) is 26.0 Å². The molecule has 22 heavy (non-hydrogen) atoms. The highest BCUT2D eigenvalue weighted by Gasteiger charge is 2.14. The lowest BCUT2D eigenvalue weighted by Crippen LogP contribution is -2.27. The van der Waals surface area contributed by atoms with E-state index in [0.717, 1.165) is 30.2 Å². The molecule has 120 valence electrons. The van der Waals surface area contributed by atoms with E-state index in [0.29, 0.717) is 13.2 Å². The fourth-order valence-electron chi connectivity index (χ4n) is 2.43. The van der Waals surface area contributed by atoms with Crippen LogP contribution in [0.25, 0.3) is 0 Å². The van der Waals surface area contributed by atoms with Crippen LogP contribution in [0.2, 0.25) is 0 Å². The summed E-state index contributed by atoms with van der Waals surface area (Å²) in [6.45, 7) is 6.93. The van der Waals surface area contributed by atoms with Gasteiger partial charge in [0.2, 0.25) is 0 Å². The zero-order chi connectivity index (χ0) is 16.1. The molecule has 0 aromatic carbocycles. The Balaban J connectivity index is 2.13. The highest BCUT2D eigenvalue weighted by molar-refractivity contribution is 5.24. The molecule has 0 radical (unpaired) electrons. The molecule has 0 N–H and O–H groups in total. The summed E-state index contributed by atoms with van der Waals surface area (Å²) in [7, 11) is 3.64. The molecular weight excluding hydrogens is 283 g/mol. The molecule has 0 saturated carbocycles. The van der Waals surface area contributed by atoms with E-state index in [-0.39, 0.29) is 5.82 Å². The van der Waals surface area contributed by atoms with Crippen molar-refractivity contribution in [3.63, 3.8) is 0 Å². The Morgan fingerprint density at radius 2 is 2.05 bits per heavy atom. The van der Waals surface area contributed by atoms with E-state index in [4.69, 9.17) is 4.74 Å². The minimum atomic E-state index is -0.314. The van der Waals surface area contributed by atoms with E-state index < -0.39 is 0 Å². The molecule has 0 bridgehead atoms. The largest absolute Gasteiger partial charge is 0.383 e. The maximum atomic E-state index is 13.0. The summed E-state index contributed by atoms with van der Waals surface area (Å²) >= 11 is 0. The van der Waals surface area contributed by atoms with E-state index in [1.165, 1.54) is 17.8 Å². The SMILES string of the molecule is COCCN(Cc1ccc(F)cn1)Cc1c(C)nn(C)c1C. The summed E-state index contributed by atoms with van der Waals surface area (Å²) in [6, 6.07) is 3.16. The monoisotopic (exact) mass is 306 g/mol. The number of methoxy groups -OCH3 is 1. The summed E-state index contributed by atoms with van der Waals surface area (Å²) < 4.78 is 20.1.